The normalized spacial score (nSPS) is 25.1. The fourth-order valence-corrected chi connectivity index (χ4v) is 5.04. The Morgan fingerprint density at radius 1 is 1.33 bits per heavy atom. The molecule has 7 heteroatoms. The number of carbonyl (C=O) groups excluding carboxylic acids is 1. The first kappa shape index (κ1) is 15.2. The molecule has 1 saturated carbocycles. The van der Waals surface area contributed by atoms with Gasteiger partial charge in [-0.2, -0.15) is 0 Å². The van der Waals surface area contributed by atoms with Gasteiger partial charge in [0.25, 0.3) is 5.91 Å². The van der Waals surface area contributed by atoms with Crippen molar-refractivity contribution in [2.24, 2.45) is 5.92 Å². The fraction of sp³-hybridized carbons (Fsp3) is 0.429. The Kier molecular flexibility index (Phi) is 4.21. The topological polar surface area (TPSA) is 57.6 Å². The first-order valence-electron chi connectivity index (χ1n) is 6.60. The summed E-state index contributed by atoms with van der Waals surface area (Å²) in [6.07, 6.45) is 2.13. The van der Waals surface area contributed by atoms with Crippen LogP contribution in [0.3, 0.4) is 0 Å². The van der Waals surface area contributed by atoms with Crippen LogP contribution >= 0.6 is 39.3 Å². The zero-order valence-electron chi connectivity index (χ0n) is 11.0. The molecule has 0 radical (unpaired) electrons. The molecule has 4 nitrogen and oxygen atoms in total. The molecule has 2 aliphatic rings. The zero-order chi connectivity index (χ0) is 15.1. The lowest BCUT2D eigenvalue weighted by atomic mass is 10.1. The van der Waals surface area contributed by atoms with Crippen molar-refractivity contribution in [1.82, 2.24) is 4.90 Å². The fourth-order valence-electron chi connectivity index (χ4n) is 2.55. The van der Waals surface area contributed by atoms with Gasteiger partial charge in [-0.05, 0) is 37.0 Å². The van der Waals surface area contributed by atoms with Gasteiger partial charge in [-0.1, -0.05) is 27.5 Å². The third-order valence-corrected chi connectivity index (χ3v) is 5.83. The van der Waals surface area contributed by atoms with Gasteiger partial charge in [-0.15, -0.1) is 11.8 Å². The van der Waals surface area contributed by atoms with Gasteiger partial charge >= 0.3 is 5.97 Å². The molecular weight excluding hydrogens is 378 g/mol. The number of rotatable bonds is 3. The predicted molar refractivity (Wildman–Crippen MR) is 85.7 cm³/mol. The van der Waals surface area contributed by atoms with E-state index in [4.69, 9.17) is 11.6 Å². The van der Waals surface area contributed by atoms with Gasteiger partial charge in [0.15, 0.2) is 0 Å². The predicted octanol–water partition coefficient (Wildman–Crippen LogP) is 3.48. The highest BCUT2D eigenvalue weighted by Gasteiger charge is 2.48. The summed E-state index contributed by atoms with van der Waals surface area (Å²) in [5.74, 6) is -0.331. The van der Waals surface area contributed by atoms with Crippen LogP contribution in [-0.2, 0) is 4.79 Å². The second kappa shape index (κ2) is 5.82. The third kappa shape index (κ3) is 3.07. The number of hydrogen-bond acceptors (Lipinski definition) is 3. The molecule has 3 rings (SSSR count). The van der Waals surface area contributed by atoms with E-state index in [1.807, 2.05) is 0 Å². The van der Waals surface area contributed by atoms with Crippen LogP contribution in [-0.4, -0.2) is 39.1 Å². The summed E-state index contributed by atoms with van der Waals surface area (Å²) in [6.45, 7) is 0. The Morgan fingerprint density at radius 3 is 2.62 bits per heavy atom. The van der Waals surface area contributed by atoms with Crippen LogP contribution in [0.4, 0.5) is 0 Å². The molecule has 1 aliphatic heterocycles. The summed E-state index contributed by atoms with van der Waals surface area (Å²) in [7, 11) is 0. The summed E-state index contributed by atoms with van der Waals surface area (Å²) in [5.41, 5.74) is 0.425. The van der Waals surface area contributed by atoms with Crippen LogP contribution in [0.15, 0.2) is 22.7 Å². The molecule has 1 saturated heterocycles. The third-order valence-electron chi connectivity index (χ3n) is 3.69. The largest absolute Gasteiger partial charge is 0.480 e. The second-order valence-electron chi connectivity index (χ2n) is 5.29. The van der Waals surface area contributed by atoms with Crippen LogP contribution in [0, 0.1) is 5.92 Å². The van der Waals surface area contributed by atoms with E-state index in [2.05, 4.69) is 15.9 Å². The van der Waals surface area contributed by atoms with Crippen molar-refractivity contribution < 1.29 is 14.7 Å². The van der Waals surface area contributed by atoms with E-state index in [9.17, 15) is 14.7 Å². The molecule has 1 N–H and O–H groups in total. The van der Waals surface area contributed by atoms with Crippen molar-refractivity contribution in [1.29, 1.82) is 0 Å². The number of thioether (sulfide) groups is 1. The summed E-state index contributed by atoms with van der Waals surface area (Å²) in [5, 5.41) is 9.79. The van der Waals surface area contributed by atoms with Gasteiger partial charge in [-0.3, -0.25) is 4.79 Å². The van der Waals surface area contributed by atoms with Gasteiger partial charge in [0, 0.05) is 20.8 Å². The molecule has 2 unspecified atom stereocenters. The Bertz CT molecular complexity index is 588. The number of carboxylic acid groups (broad SMARTS) is 1. The van der Waals surface area contributed by atoms with Crippen LogP contribution in [0.1, 0.15) is 23.2 Å². The van der Waals surface area contributed by atoms with Crippen molar-refractivity contribution in [3.05, 3.63) is 33.3 Å². The van der Waals surface area contributed by atoms with E-state index in [-0.39, 0.29) is 11.3 Å². The van der Waals surface area contributed by atoms with E-state index >= 15 is 0 Å². The molecule has 1 amide bonds. The lowest BCUT2D eigenvalue weighted by Crippen LogP contribution is -2.46. The molecular formula is C14H13BrClNO3S. The van der Waals surface area contributed by atoms with Crippen LogP contribution in [0.2, 0.25) is 5.02 Å². The van der Waals surface area contributed by atoms with E-state index in [0.717, 1.165) is 12.8 Å². The lowest BCUT2D eigenvalue weighted by molar-refractivity contribution is -0.141. The highest BCUT2D eigenvalue weighted by molar-refractivity contribution is 9.10. The second-order valence-corrected chi connectivity index (χ2v) is 7.79. The van der Waals surface area contributed by atoms with Gasteiger partial charge in [-0.25, -0.2) is 4.79 Å². The van der Waals surface area contributed by atoms with Crippen molar-refractivity contribution >= 4 is 51.2 Å². The molecule has 1 aliphatic carbocycles. The number of carboxylic acids is 1. The molecule has 1 aromatic carbocycles. The number of hydrogen-bond donors (Lipinski definition) is 1. The van der Waals surface area contributed by atoms with E-state index in [0.29, 0.717) is 26.7 Å². The molecule has 21 heavy (non-hydrogen) atoms. The minimum absolute atomic E-state index is 0.0312. The SMILES string of the molecule is O=C(O)C1CSC(C2CC2)N1C(=O)c1cc(Cl)cc(Br)c1. The number of amides is 1. The number of aliphatic carboxylic acids is 1. The first-order chi connectivity index (χ1) is 9.97. The lowest BCUT2D eigenvalue weighted by Gasteiger charge is -2.27. The van der Waals surface area contributed by atoms with Crippen LogP contribution < -0.4 is 0 Å². The Morgan fingerprint density at radius 2 is 2.05 bits per heavy atom. The molecule has 1 heterocycles. The Balaban J connectivity index is 1.93. The number of benzene rings is 1. The minimum Gasteiger partial charge on any atom is -0.480 e. The first-order valence-corrected chi connectivity index (χ1v) is 8.82. The van der Waals surface area contributed by atoms with Gasteiger partial charge < -0.3 is 10.0 Å². The molecule has 0 spiro atoms. The van der Waals surface area contributed by atoms with Gasteiger partial charge in [0.1, 0.15) is 6.04 Å². The quantitative estimate of drug-likeness (QED) is 0.858. The van der Waals surface area contributed by atoms with Gasteiger partial charge in [0.05, 0.1) is 5.37 Å². The number of halogens is 2. The van der Waals surface area contributed by atoms with E-state index in [1.165, 1.54) is 4.90 Å². The summed E-state index contributed by atoms with van der Waals surface area (Å²) in [6, 6.07) is 4.20. The van der Waals surface area contributed by atoms with Crippen molar-refractivity contribution in [3.8, 4) is 0 Å². The standard InChI is InChI=1S/C14H13BrClNO3S/c15-9-3-8(4-10(16)5-9)12(18)17-11(14(19)20)6-21-13(17)7-1-2-7/h3-5,7,11,13H,1-2,6H2,(H,19,20). The Hall–Kier alpha value is -0.720. The molecule has 2 fully saturated rings. The minimum atomic E-state index is -0.944. The maximum absolute atomic E-state index is 12.8. The Labute approximate surface area is 140 Å². The maximum atomic E-state index is 12.8. The van der Waals surface area contributed by atoms with Crippen molar-refractivity contribution in [2.45, 2.75) is 24.3 Å². The molecule has 2 atom stereocenters. The molecule has 112 valence electrons. The van der Waals surface area contributed by atoms with E-state index < -0.39 is 12.0 Å². The molecule has 1 aromatic rings. The van der Waals surface area contributed by atoms with Crippen LogP contribution in [0.25, 0.3) is 0 Å². The average Bonchev–Trinajstić information content (AvgIpc) is 3.15. The van der Waals surface area contributed by atoms with Crippen LogP contribution in [0.5, 0.6) is 0 Å². The van der Waals surface area contributed by atoms with E-state index in [1.54, 1.807) is 30.0 Å². The smallest absolute Gasteiger partial charge is 0.327 e. The summed E-state index contributed by atoms with van der Waals surface area (Å²) < 4.78 is 0.708. The zero-order valence-corrected chi connectivity index (χ0v) is 14.1. The monoisotopic (exact) mass is 389 g/mol. The average molecular weight is 391 g/mol. The van der Waals surface area contributed by atoms with Gasteiger partial charge in [0.2, 0.25) is 0 Å². The summed E-state index contributed by atoms with van der Waals surface area (Å²) >= 11 is 10.9. The number of nitrogens with zero attached hydrogens (tertiary/aromatic N) is 1. The van der Waals surface area contributed by atoms with Crippen molar-refractivity contribution in [3.63, 3.8) is 0 Å². The molecule has 0 bridgehead atoms. The highest BCUT2D eigenvalue weighted by Crippen LogP contribution is 2.46. The van der Waals surface area contributed by atoms with Crippen molar-refractivity contribution in [2.75, 3.05) is 5.75 Å². The number of carbonyl (C=O) groups is 2. The maximum Gasteiger partial charge on any atom is 0.327 e. The molecule has 0 aromatic heterocycles. The highest BCUT2D eigenvalue weighted by atomic mass is 79.9. The summed E-state index contributed by atoms with van der Waals surface area (Å²) in [4.78, 5) is 25.7.